The Morgan fingerprint density at radius 1 is 1.06 bits per heavy atom. The van der Waals surface area contributed by atoms with E-state index in [4.69, 9.17) is 5.73 Å². The third kappa shape index (κ3) is 3.34. The van der Waals surface area contributed by atoms with E-state index < -0.39 is 11.5 Å². The molecule has 4 saturated carbocycles. The second kappa shape index (κ2) is 7.37. The van der Waals surface area contributed by atoms with Crippen molar-refractivity contribution >= 4 is 11.7 Å². The number of amides is 1. The van der Waals surface area contributed by atoms with Crippen LogP contribution in [0.4, 0.5) is 0 Å². The fourth-order valence-electron chi connectivity index (χ4n) is 8.72. The van der Waals surface area contributed by atoms with Crippen LogP contribution >= 0.6 is 0 Å². The van der Waals surface area contributed by atoms with E-state index >= 15 is 0 Å². The summed E-state index contributed by atoms with van der Waals surface area (Å²) in [6.07, 6.45) is 11.3. The fraction of sp³-hybridized carbons (Fsp3) is 0.840. The van der Waals surface area contributed by atoms with E-state index in [2.05, 4.69) is 24.2 Å². The second-order valence-electron chi connectivity index (χ2n) is 12.2. The molecule has 4 aliphatic carbocycles. The summed E-state index contributed by atoms with van der Waals surface area (Å²) >= 11 is 0. The van der Waals surface area contributed by atoms with Crippen LogP contribution < -0.4 is 5.73 Å². The highest BCUT2D eigenvalue weighted by Crippen LogP contribution is 2.68. The zero-order chi connectivity index (χ0) is 22.9. The second-order valence-corrected chi connectivity index (χ2v) is 12.2. The molecule has 32 heavy (non-hydrogen) atoms. The molecule has 4 aliphatic rings. The first-order valence-corrected chi connectivity index (χ1v) is 12.5. The van der Waals surface area contributed by atoms with Crippen LogP contribution in [-0.2, 0) is 11.3 Å². The first kappa shape index (κ1) is 22.1. The quantitative estimate of drug-likeness (QED) is 0.743. The number of primary amides is 1. The van der Waals surface area contributed by atoms with Gasteiger partial charge in [-0.2, -0.15) is 0 Å². The fourth-order valence-corrected chi connectivity index (χ4v) is 8.72. The van der Waals surface area contributed by atoms with Crippen LogP contribution in [0.5, 0.6) is 0 Å². The van der Waals surface area contributed by atoms with Crippen LogP contribution in [0.2, 0.25) is 0 Å². The van der Waals surface area contributed by atoms with Crippen molar-refractivity contribution in [2.75, 3.05) is 0 Å². The molecular formula is C25H38N4O3. The van der Waals surface area contributed by atoms with E-state index in [-0.39, 0.29) is 29.4 Å². The van der Waals surface area contributed by atoms with E-state index in [0.717, 1.165) is 44.4 Å². The molecule has 1 amide bonds. The Balaban J connectivity index is 1.32. The maximum absolute atomic E-state index is 13.3. The monoisotopic (exact) mass is 442 g/mol. The van der Waals surface area contributed by atoms with Gasteiger partial charge in [0.15, 0.2) is 11.5 Å². The lowest BCUT2D eigenvalue weighted by molar-refractivity contribution is -0.151. The molecule has 7 nitrogen and oxygen atoms in total. The molecule has 4 fully saturated rings. The minimum Gasteiger partial charge on any atom is -0.390 e. The molecule has 0 unspecified atom stereocenters. The van der Waals surface area contributed by atoms with Crippen molar-refractivity contribution in [3.63, 3.8) is 0 Å². The van der Waals surface area contributed by atoms with Crippen LogP contribution in [-0.4, -0.2) is 37.4 Å². The number of fused-ring (bicyclic) bond motifs is 5. The van der Waals surface area contributed by atoms with Crippen molar-refractivity contribution in [3.8, 4) is 0 Å². The first-order valence-electron chi connectivity index (χ1n) is 12.5. The van der Waals surface area contributed by atoms with Crippen LogP contribution in [0.25, 0.3) is 0 Å². The summed E-state index contributed by atoms with van der Waals surface area (Å²) in [5, 5.41) is 18.4. The SMILES string of the molecule is C[C@@]1(O)CC[C@@]2(C)[C@H](CC[C@@H]3[C@@H]2CC[C@]2(C)[C@@H](C(=O)Cn4cc(C(N)=O)nn4)CC[C@@H]32)C1. The van der Waals surface area contributed by atoms with Crippen molar-refractivity contribution < 1.29 is 14.7 Å². The maximum Gasteiger partial charge on any atom is 0.270 e. The van der Waals surface area contributed by atoms with Crippen LogP contribution in [0.1, 0.15) is 89.0 Å². The van der Waals surface area contributed by atoms with Gasteiger partial charge in [-0.15, -0.1) is 5.10 Å². The third-order valence-corrected chi connectivity index (χ3v) is 10.5. The average molecular weight is 443 g/mol. The number of nitrogens with zero attached hydrogens (tertiary/aromatic N) is 3. The Labute approximate surface area is 190 Å². The number of carbonyl (C=O) groups excluding carboxylic acids is 2. The molecule has 7 heteroatoms. The molecule has 5 rings (SSSR count). The van der Waals surface area contributed by atoms with Gasteiger partial charge in [0.25, 0.3) is 5.91 Å². The molecule has 1 heterocycles. The molecule has 8 atom stereocenters. The lowest BCUT2D eigenvalue weighted by atomic mass is 9.44. The van der Waals surface area contributed by atoms with Gasteiger partial charge in [-0.3, -0.25) is 9.59 Å². The molecule has 1 aromatic heterocycles. The van der Waals surface area contributed by atoms with Gasteiger partial charge in [-0.1, -0.05) is 19.1 Å². The summed E-state index contributed by atoms with van der Waals surface area (Å²) < 4.78 is 1.46. The summed E-state index contributed by atoms with van der Waals surface area (Å²) in [6.45, 7) is 7.05. The van der Waals surface area contributed by atoms with Crippen molar-refractivity contribution in [2.24, 2.45) is 46.2 Å². The van der Waals surface area contributed by atoms with E-state index in [0.29, 0.717) is 23.2 Å². The van der Waals surface area contributed by atoms with Crippen molar-refractivity contribution in [1.29, 1.82) is 0 Å². The Kier molecular flexibility index (Phi) is 5.08. The largest absolute Gasteiger partial charge is 0.390 e. The van der Waals surface area contributed by atoms with Crippen molar-refractivity contribution in [2.45, 2.75) is 90.7 Å². The van der Waals surface area contributed by atoms with Gasteiger partial charge in [0, 0.05) is 5.92 Å². The highest BCUT2D eigenvalue weighted by atomic mass is 16.3. The minimum absolute atomic E-state index is 0.0484. The third-order valence-electron chi connectivity index (χ3n) is 10.5. The number of rotatable bonds is 4. The summed E-state index contributed by atoms with van der Waals surface area (Å²) in [6, 6.07) is 0. The first-order chi connectivity index (χ1) is 15.0. The Morgan fingerprint density at radius 2 is 1.81 bits per heavy atom. The van der Waals surface area contributed by atoms with Gasteiger partial charge in [-0.05, 0) is 99.2 Å². The van der Waals surface area contributed by atoms with E-state index in [1.165, 1.54) is 30.1 Å². The molecule has 0 aromatic carbocycles. The van der Waals surface area contributed by atoms with Crippen molar-refractivity contribution in [1.82, 2.24) is 15.0 Å². The Hall–Kier alpha value is -1.76. The smallest absolute Gasteiger partial charge is 0.270 e. The molecule has 0 radical (unpaired) electrons. The Morgan fingerprint density at radius 3 is 2.53 bits per heavy atom. The van der Waals surface area contributed by atoms with Gasteiger partial charge in [0.1, 0.15) is 6.54 Å². The van der Waals surface area contributed by atoms with E-state index in [1.807, 2.05) is 6.92 Å². The predicted molar refractivity (Wildman–Crippen MR) is 119 cm³/mol. The Bertz CT molecular complexity index is 926. The molecule has 1 aromatic rings. The number of aliphatic hydroxyl groups is 1. The van der Waals surface area contributed by atoms with Crippen LogP contribution in [0.3, 0.4) is 0 Å². The van der Waals surface area contributed by atoms with Gasteiger partial charge in [0.05, 0.1) is 11.8 Å². The molecular weight excluding hydrogens is 404 g/mol. The highest BCUT2D eigenvalue weighted by molar-refractivity contribution is 5.90. The number of hydrogen-bond donors (Lipinski definition) is 2. The number of nitrogens with two attached hydrogens (primary N) is 1. The topological polar surface area (TPSA) is 111 Å². The zero-order valence-electron chi connectivity index (χ0n) is 19.7. The molecule has 0 saturated heterocycles. The zero-order valence-corrected chi connectivity index (χ0v) is 19.7. The molecule has 0 bridgehead atoms. The lowest BCUT2D eigenvalue weighted by Crippen LogP contribution is -2.55. The standard InChI is InChI=1S/C25H38N4O3/c1-23(32)10-11-24(2)15(12-23)4-5-16-17-6-7-19(25(17,3)9-8-18(16)24)21(30)14-29-13-20(22(26)31)27-28-29/h13,15-19,32H,4-12,14H2,1-3H3,(H2,26,31)/t15-,16+,17+,18+,19-,23-,24+,25+/m1/s1. The van der Waals surface area contributed by atoms with Crippen LogP contribution in [0, 0.1) is 40.4 Å². The van der Waals surface area contributed by atoms with E-state index in [9.17, 15) is 14.7 Å². The summed E-state index contributed by atoms with van der Waals surface area (Å²) in [4.78, 5) is 24.6. The lowest BCUT2D eigenvalue weighted by Gasteiger charge is -2.61. The molecule has 3 N–H and O–H groups in total. The average Bonchev–Trinajstić information content (AvgIpc) is 3.32. The van der Waals surface area contributed by atoms with Gasteiger partial charge < -0.3 is 10.8 Å². The highest BCUT2D eigenvalue weighted by Gasteiger charge is 2.61. The summed E-state index contributed by atoms with van der Waals surface area (Å²) in [5.41, 5.74) is 5.26. The van der Waals surface area contributed by atoms with Gasteiger partial charge in [-0.25, -0.2) is 4.68 Å². The number of ketones is 1. The number of hydrogen-bond acceptors (Lipinski definition) is 5. The van der Waals surface area contributed by atoms with E-state index in [1.54, 1.807) is 0 Å². The molecule has 0 aliphatic heterocycles. The normalized spacial score (nSPS) is 45.6. The molecule has 0 spiro atoms. The maximum atomic E-state index is 13.3. The molecule has 176 valence electrons. The number of aromatic nitrogens is 3. The van der Waals surface area contributed by atoms with Crippen LogP contribution in [0.15, 0.2) is 6.20 Å². The van der Waals surface area contributed by atoms with Gasteiger partial charge in [0.2, 0.25) is 0 Å². The summed E-state index contributed by atoms with van der Waals surface area (Å²) in [7, 11) is 0. The number of carbonyl (C=O) groups is 2. The van der Waals surface area contributed by atoms with Gasteiger partial charge >= 0.3 is 0 Å². The minimum atomic E-state index is -0.622. The predicted octanol–water partition coefficient (Wildman–Crippen LogP) is 3.36. The summed E-state index contributed by atoms with van der Waals surface area (Å²) in [5.74, 6) is 2.29. The van der Waals surface area contributed by atoms with Crippen molar-refractivity contribution in [3.05, 3.63) is 11.9 Å². The number of Topliss-reactive ketones (excluding diaryl/α,β-unsaturated/α-hetero) is 1.